The van der Waals surface area contributed by atoms with Crippen LogP contribution < -0.4 is 37.1 Å². The second-order valence-corrected chi connectivity index (χ2v) is 21.4. The van der Waals surface area contributed by atoms with Crippen molar-refractivity contribution in [2.45, 2.75) is 6.92 Å². The van der Waals surface area contributed by atoms with Crippen LogP contribution in [0.4, 0.5) is 34.1 Å². The summed E-state index contributed by atoms with van der Waals surface area (Å²) in [5.74, 6) is 0. The summed E-state index contributed by atoms with van der Waals surface area (Å²) in [6, 6.07) is 91.3. The number of para-hydroxylation sites is 4. The minimum atomic E-state index is -0.0949. The largest absolute Gasteiger partial charge is 0.311 e. The maximum Gasteiger partial charge on any atom is 0.252 e. The summed E-state index contributed by atoms with van der Waals surface area (Å²) in [5.41, 5.74) is 21.8. The van der Waals surface area contributed by atoms with Gasteiger partial charge < -0.3 is 18.9 Å². The predicted molar refractivity (Wildman–Crippen MR) is 329 cm³/mol. The molecule has 1 radical (unpaired) electrons. The molecule has 2 aromatic heterocycles. The maximum atomic E-state index is 2.66. The third-order valence-electron chi connectivity index (χ3n) is 17.5. The van der Waals surface area contributed by atoms with E-state index in [1.807, 2.05) is 0 Å². The van der Waals surface area contributed by atoms with Gasteiger partial charge in [-0.05, 0) is 134 Å². The number of hydrogen-bond acceptors (Lipinski definition) is 2. The quantitative estimate of drug-likeness (QED) is 0.161. The van der Waals surface area contributed by atoms with Crippen LogP contribution >= 0.6 is 0 Å². The molecular formula is C71H43B2N4. The summed E-state index contributed by atoms with van der Waals surface area (Å²) >= 11 is 0. The van der Waals surface area contributed by atoms with Crippen LogP contribution in [-0.4, -0.2) is 23.1 Å². The Bertz CT molecular complexity index is 5110. The number of rotatable bonds is 2. The average molecular weight is 974 g/mol. The van der Waals surface area contributed by atoms with Crippen molar-refractivity contribution in [2.75, 3.05) is 9.80 Å². The highest BCUT2D eigenvalue weighted by atomic mass is 15.2. The highest BCUT2D eigenvalue weighted by Crippen LogP contribution is 2.51. The summed E-state index contributed by atoms with van der Waals surface area (Å²) < 4.78 is 5.32. The Balaban J connectivity index is 1.07. The van der Waals surface area contributed by atoms with Gasteiger partial charge in [-0.15, -0.1) is 0 Å². The normalized spacial score (nSPS) is 13.3. The lowest BCUT2D eigenvalue weighted by molar-refractivity contribution is 1.15. The first-order valence-corrected chi connectivity index (χ1v) is 26.9. The Morgan fingerprint density at radius 2 is 0.818 bits per heavy atom. The highest BCUT2D eigenvalue weighted by molar-refractivity contribution is 7.01. The number of aryl methyl sites for hydroxylation is 1. The molecule has 13 aromatic carbocycles. The fourth-order valence-electron chi connectivity index (χ4n) is 14.5. The lowest BCUT2D eigenvalue weighted by Gasteiger charge is -2.41. The first kappa shape index (κ1) is 41.6. The Morgan fingerprint density at radius 1 is 0.338 bits per heavy atom. The molecule has 3 aliphatic rings. The van der Waals surface area contributed by atoms with Gasteiger partial charge in [-0.2, -0.15) is 0 Å². The summed E-state index contributed by atoms with van der Waals surface area (Å²) in [7, 11) is 2.48. The number of hydrogen-bond donors (Lipinski definition) is 0. The molecule has 3 aliphatic heterocycles. The molecule has 0 atom stereocenters. The second-order valence-electron chi connectivity index (χ2n) is 21.4. The molecule has 0 saturated heterocycles. The average Bonchev–Trinajstić information content (AvgIpc) is 4.25. The van der Waals surface area contributed by atoms with Gasteiger partial charge in [-0.3, -0.25) is 0 Å². The van der Waals surface area contributed by atoms with Gasteiger partial charge in [0.1, 0.15) is 0 Å². The van der Waals surface area contributed by atoms with E-state index in [2.05, 4.69) is 276 Å². The van der Waals surface area contributed by atoms with Gasteiger partial charge in [-0.25, -0.2) is 0 Å². The number of nitrogens with zero attached hydrogens (tertiary/aromatic N) is 4. The van der Waals surface area contributed by atoms with E-state index in [9.17, 15) is 0 Å². The van der Waals surface area contributed by atoms with Crippen molar-refractivity contribution in [1.82, 2.24) is 9.13 Å². The maximum absolute atomic E-state index is 2.66. The van der Waals surface area contributed by atoms with Crippen LogP contribution in [0, 0.1) is 6.92 Å². The van der Waals surface area contributed by atoms with Crippen LogP contribution in [0.25, 0.3) is 98.1 Å². The van der Waals surface area contributed by atoms with Crippen LogP contribution in [0.5, 0.6) is 0 Å². The lowest BCUT2D eigenvalue weighted by Crippen LogP contribution is -2.61. The first-order chi connectivity index (χ1) is 38.2. The van der Waals surface area contributed by atoms with Gasteiger partial charge in [0, 0.05) is 66.4 Å². The highest BCUT2D eigenvalue weighted by Gasteiger charge is 2.44. The monoisotopic (exact) mass is 973 g/mol. The molecule has 15 aromatic rings. The summed E-state index contributed by atoms with van der Waals surface area (Å²) in [6.45, 7) is 2.28. The minimum absolute atomic E-state index is 0.0949. The molecule has 5 heterocycles. The van der Waals surface area contributed by atoms with Crippen molar-refractivity contribution in [3.63, 3.8) is 0 Å². The lowest BCUT2D eigenvalue weighted by atomic mass is 9.33. The van der Waals surface area contributed by atoms with E-state index in [1.165, 1.54) is 137 Å². The van der Waals surface area contributed by atoms with Crippen molar-refractivity contribution in [3.8, 4) is 11.4 Å². The molecule has 0 amide bonds. The molecule has 0 N–H and O–H groups in total. The van der Waals surface area contributed by atoms with Crippen molar-refractivity contribution >= 4 is 162 Å². The number of anilines is 6. The van der Waals surface area contributed by atoms with Gasteiger partial charge in [0.2, 0.25) is 0 Å². The van der Waals surface area contributed by atoms with Gasteiger partial charge in [0.05, 0.1) is 33.4 Å². The van der Waals surface area contributed by atoms with Crippen molar-refractivity contribution in [1.29, 1.82) is 0 Å². The molecule has 2 bridgehead atoms. The molecule has 77 heavy (non-hydrogen) atoms. The standard InChI is InChI=1S/C71H43B2N4/c1-42-68-51-30-14-12-28-49(51)65-53-36-43-20-8-10-22-45(43)38-61(53)76(69(42)65)63-41-58-64(40-56(63)72-55-32-16-18-34-59(55)74(68)47-24-4-2-5-25-47)77-62-39-46-23-11-9-21-44(46)37-54(62)66-50-29-13-15-31-52(50)70-67(71(66)77)73(58)57-33-17-19-35-60(57)75(70)48-26-6-3-7-27-48/h2-41H,1H3. The molecule has 0 aliphatic carbocycles. The van der Waals surface area contributed by atoms with E-state index in [0.29, 0.717) is 0 Å². The molecule has 353 valence electrons. The molecule has 18 rings (SSSR count). The van der Waals surface area contributed by atoms with Gasteiger partial charge in [0.25, 0.3) is 6.71 Å². The number of benzene rings is 13. The Kier molecular flexibility index (Phi) is 8.20. The number of aromatic nitrogens is 2. The fraction of sp³-hybridized carbons (Fsp3) is 0.0141. The zero-order valence-electron chi connectivity index (χ0n) is 42.0. The Hall–Kier alpha value is -9.77. The Morgan fingerprint density at radius 3 is 1.45 bits per heavy atom. The molecule has 6 heteroatoms. The topological polar surface area (TPSA) is 16.3 Å². The van der Waals surface area contributed by atoms with E-state index in [-0.39, 0.29) is 6.71 Å². The molecule has 0 spiro atoms. The van der Waals surface area contributed by atoms with Crippen molar-refractivity contribution in [3.05, 3.63) is 248 Å². The molecule has 0 fully saturated rings. The Labute approximate surface area is 445 Å². The van der Waals surface area contributed by atoms with Crippen LogP contribution in [0.1, 0.15) is 5.56 Å². The smallest absolute Gasteiger partial charge is 0.252 e. The van der Waals surface area contributed by atoms with E-state index >= 15 is 0 Å². The summed E-state index contributed by atoms with van der Waals surface area (Å²) in [6.07, 6.45) is 0. The molecular weight excluding hydrogens is 930 g/mol. The molecule has 0 unspecified atom stereocenters. The van der Waals surface area contributed by atoms with E-state index in [4.69, 9.17) is 0 Å². The van der Waals surface area contributed by atoms with E-state index in [0.717, 1.165) is 28.0 Å². The van der Waals surface area contributed by atoms with Crippen molar-refractivity contribution in [2.24, 2.45) is 0 Å². The predicted octanol–water partition coefficient (Wildman–Crippen LogP) is 14.9. The molecule has 4 nitrogen and oxygen atoms in total. The van der Waals surface area contributed by atoms with Crippen LogP contribution in [0.15, 0.2) is 243 Å². The van der Waals surface area contributed by atoms with Gasteiger partial charge >= 0.3 is 0 Å². The van der Waals surface area contributed by atoms with Crippen LogP contribution in [0.2, 0.25) is 0 Å². The zero-order chi connectivity index (χ0) is 50.2. The van der Waals surface area contributed by atoms with Crippen LogP contribution in [-0.2, 0) is 0 Å². The fourth-order valence-corrected chi connectivity index (χ4v) is 14.5. The third-order valence-corrected chi connectivity index (χ3v) is 17.5. The zero-order valence-corrected chi connectivity index (χ0v) is 42.0. The van der Waals surface area contributed by atoms with Crippen molar-refractivity contribution < 1.29 is 0 Å². The van der Waals surface area contributed by atoms with E-state index < -0.39 is 0 Å². The number of fused-ring (bicyclic) bond motifs is 23. The summed E-state index contributed by atoms with van der Waals surface area (Å²) in [4.78, 5) is 5.09. The van der Waals surface area contributed by atoms with E-state index in [1.54, 1.807) is 0 Å². The second kappa shape index (κ2) is 15.2. The first-order valence-electron chi connectivity index (χ1n) is 26.9. The third kappa shape index (κ3) is 5.43. The SMILES string of the molecule is Cc1c2c3ccccc3c3c4cc5ccccc5cc4n(c13)-c1cc3c(cc1[B]c1ccccc1N2c1ccccc1)-n1c2cc4ccccc4cc2c2c4ccccc4c4c(c21)B3c1ccccc1N4c1ccccc1. The summed E-state index contributed by atoms with van der Waals surface area (Å²) in [5, 5.41) is 15.0. The van der Waals surface area contributed by atoms with Gasteiger partial charge in [0.15, 0.2) is 7.28 Å². The minimum Gasteiger partial charge on any atom is -0.311 e. The van der Waals surface area contributed by atoms with Gasteiger partial charge in [-0.1, -0.05) is 181 Å². The van der Waals surface area contributed by atoms with Crippen LogP contribution in [0.3, 0.4) is 0 Å². The molecule has 0 saturated carbocycles.